The summed E-state index contributed by atoms with van der Waals surface area (Å²) in [5.41, 5.74) is 6.35. The fourth-order valence-electron chi connectivity index (χ4n) is 4.67. The number of nitrogens with one attached hydrogen (secondary N) is 2. The van der Waals surface area contributed by atoms with Gasteiger partial charge in [-0.25, -0.2) is 4.79 Å². The van der Waals surface area contributed by atoms with Crippen LogP contribution in [0, 0.1) is 0 Å². The normalized spacial score (nSPS) is 22.9. The van der Waals surface area contributed by atoms with Crippen molar-refractivity contribution >= 4 is 16.9 Å². The second-order valence-electron chi connectivity index (χ2n) is 9.69. The molecule has 1 aromatic heterocycles. The van der Waals surface area contributed by atoms with Crippen LogP contribution in [0.15, 0.2) is 56.9 Å². The van der Waals surface area contributed by atoms with Crippen LogP contribution in [0.25, 0.3) is 11.0 Å². The molecule has 0 saturated carbocycles. The molecule has 10 heteroatoms. The number of phenolic OH excluding ortho intramolecular Hbond substituents is 1. The standard InChI is InChI=1S/C28H35N3O7/c1-4-17(14-30-5-2)27(35)37-23-11-19-21(12-22-25(26(19)34)20(33)10-18(15-32)36-22)38-28(23,3)9-8-16-6-7-24(29)31-13-16/h4,6-7,10,12-13,23-24,30-32,34H,5,8-9,11,14-15,29H2,1-3H3. The summed E-state index contributed by atoms with van der Waals surface area (Å²) in [6, 6.07) is 2.69. The first-order valence-corrected chi connectivity index (χ1v) is 12.8. The second kappa shape index (κ2) is 11.4. The van der Waals surface area contributed by atoms with Gasteiger partial charge in [0.2, 0.25) is 0 Å². The van der Waals surface area contributed by atoms with Gasteiger partial charge in [-0.15, -0.1) is 0 Å². The third-order valence-corrected chi connectivity index (χ3v) is 6.99. The van der Waals surface area contributed by atoms with E-state index >= 15 is 0 Å². The number of aromatic hydroxyl groups is 1. The zero-order valence-electron chi connectivity index (χ0n) is 21.9. The van der Waals surface area contributed by atoms with E-state index in [1.165, 1.54) is 0 Å². The van der Waals surface area contributed by atoms with Crippen LogP contribution in [0.5, 0.6) is 11.5 Å². The van der Waals surface area contributed by atoms with Crippen molar-refractivity contribution in [3.63, 3.8) is 0 Å². The molecule has 3 unspecified atom stereocenters. The van der Waals surface area contributed by atoms with Crippen molar-refractivity contribution in [1.29, 1.82) is 0 Å². The van der Waals surface area contributed by atoms with Gasteiger partial charge in [-0.3, -0.25) is 4.79 Å². The summed E-state index contributed by atoms with van der Waals surface area (Å²) < 4.78 is 18.1. The van der Waals surface area contributed by atoms with Gasteiger partial charge >= 0.3 is 5.97 Å². The van der Waals surface area contributed by atoms with E-state index in [0.29, 0.717) is 42.8 Å². The predicted molar refractivity (Wildman–Crippen MR) is 143 cm³/mol. The number of carbonyl (C=O) groups is 1. The number of phenols is 1. The van der Waals surface area contributed by atoms with Gasteiger partial charge in [-0.1, -0.05) is 19.1 Å². The minimum absolute atomic E-state index is 0.0144. The van der Waals surface area contributed by atoms with E-state index in [1.807, 2.05) is 32.2 Å². The number of allylic oxidation sites excluding steroid dienone is 3. The van der Waals surface area contributed by atoms with Gasteiger partial charge < -0.3 is 40.5 Å². The lowest BCUT2D eigenvalue weighted by Gasteiger charge is -2.42. The number of dihydropyridines is 1. The molecule has 0 saturated heterocycles. The lowest BCUT2D eigenvalue weighted by molar-refractivity contribution is -0.158. The van der Waals surface area contributed by atoms with Gasteiger partial charge in [-0.2, -0.15) is 0 Å². The molecule has 38 heavy (non-hydrogen) atoms. The molecule has 2 aromatic rings. The Morgan fingerprint density at radius 3 is 2.84 bits per heavy atom. The van der Waals surface area contributed by atoms with E-state index in [-0.39, 0.29) is 35.1 Å². The quantitative estimate of drug-likeness (QED) is 0.243. The molecule has 2 aliphatic heterocycles. The highest BCUT2D eigenvalue weighted by atomic mass is 16.6. The zero-order chi connectivity index (χ0) is 27.4. The first-order chi connectivity index (χ1) is 18.2. The van der Waals surface area contributed by atoms with E-state index < -0.39 is 29.7 Å². The molecule has 3 heterocycles. The molecule has 6 N–H and O–H groups in total. The van der Waals surface area contributed by atoms with Crippen molar-refractivity contribution < 1.29 is 28.9 Å². The number of aliphatic hydroxyl groups excluding tert-OH is 1. The topological polar surface area (TPSA) is 156 Å². The first-order valence-electron chi connectivity index (χ1n) is 12.8. The molecule has 0 radical (unpaired) electrons. The van der Waals surface area contributed by atoms with E-state index in [1.54, 1.807) is 19.1 Å². The van der Waals surface area contributed by atoms with Gasteiger partial charge in [0.15, 0.2) is 5.43 Å². The SMILES string of the molecule is CC=C(CNCC)C(=O)OC1Cc2c(cc3oc(CO)cc(=O)c3c2O)OC1(C)CCC1=CNC(N)C=C1. The number of rotatable bonds is 9. The van der Waals surface area contributed by atoms with Crippen LogP contribution in [0.1, 0.15) is 44.9 Å². The average molecular weight is 526 g/mol. The lowest BCUT2D eigenvalue weighted by Crippen LogP contribution is -2.51. The van der Waals surface area contributed by atoms with Gasteiger partial charge in [0.05, 0.1) is 6.17 Å². The van der Waals surface area contributed by atoms with Crippen LogP contribution < -0.4 is 26.5 Å². The van der Waals surface area contributed by atoms with Crippen LogP contribution in [0.4, 0.5) is 0 Å². The smallest absolute Gasteiger partial charge is 0.335 e. The summed E-state index contributed by atoms with van der Waals surface area (Å²) in [7, 11) is 0. The fourth-order valence-corrected chi connectivity index (χ4v) is 4.67. The Hall–Kier alpha value is -3.60. The molecule has 3 atom stereocenters. The van der Waals surface area contributed by atoms with Gasteiger partial charge in [0.1, 0.15) is 46.5 Å². The largest absolute Gasteiger partial charge is 0.507 e. The van der Waals surface area contributed by atoms with E-state index in [2.05, 4.69) is 10.6 Å². The Morgan fingerprint density at radius 1 is 1.39 bits per heavy atom. The summed E-state index contributed by atoms with van der Waals surface area (Å²) >= 11 is 0. The number of carbonyl (C=O) groups excluding carboxylic acids is 1. The third kappa shape index (κ3) is 5.62. The Labute approximate surface area is 220 Å². The molecule has 0 amide bonds. The molecule has 0 bridgehead atoms. The highest BCUT2D eigenvalue weighted by Gasteiger charge is 2.45. The molecule has 2 aliphatic rings. The molecule has 204 valence electrons. The van der Waals surface area contributed by atoms with Crippen molar-refractivity contribution in [2.24, 2.45) is 5.73 Å². The fraction of sp³-hybridized carbons (Fsp3) is 0.429. The number of benzene rings is 1. The van der Waals surface area contributed by atoms with Crippen molar-refractivity contribution in [2.75, 3.05) is 13.1 Å². The Morgan fingerprint density at radius 2 is 2.18 bits per heavy atom. The number of ether oxygens (including phenoxy) is 2. The lowest BCUT2D eigenvalue weighted by atomic mass is 9.83. The Bertz CT molecular complexity index is 1360. The van der Waals surface area contributed by atoms with Crippen LogP contribution in [0.2, 0.25) is 0 Å². The molecule has 0 aliphatic carbocycles. The monoisotopic (exact) mass is 525 g/mol. The number of nitrogens with two attached hydrogens (primary N) is 1. The summed E-state index contributed by atoms with van der Waals surface area (Å²) in [6.45, 7) is 6.19. The summed E-state index contributed by atoms with van der Waals surface area (Å²) in [6.07, 6.45) is 7.59. The van der Waals surface area contributed by atoms with Crippen LogP contribution in [-0.4, -0.2) is 47.1 Å². The van der Waals surface area contributed by atoms with Crippen molar-refractivity contribution in [3.8, 4) is 11.5 Å². The van der Waals surface area contributed by atoms with Crippen LogP contribution in [0.3, 0.4) is 0 Å². The minimum atomic E-state index is -0.969. The van der Waals surface area contributed by atoms with Crippen LogP contribution >= 0.6 is 0 Å². The molecule has 10 nitrogen and oxygen atoms in total. The maximum absolute atomic E-state index is 13.1. The summed E-state index contributed by atoms with van der Waals surface area (Å²) in [5.74, 6) is -0.355. The summed E-state index contributed by atoms with van der Waals surface area (Å²) in [4.78, 5) is 25.8. The maximum Gasteiger partial charge on any atom is 0.335 e. The average Bonchev–Trinajstić information content (AvgIpc) is 2.89. The van der Waals surface area contributed by atoms with Crippen LogP contribution in [-0.2, 0) is 22.6 Å². The Kier molecular flexibility index (Phi) is 8.25. The molecular formula is C28H35N3O7. The maximum atomic E-state index is 13.1. The Balaban J connectivity index is 1.71. The highest BCUT2D eigenvalue weighted by molar-refractivity contribution is 5.89. The first kappa shape index (κ1) is 27.4. The van der Waals surface area contributed by atoms with E-state index in [9.17, 15) is 19.8 Å². The highest BCUT2D eigenvalue weighted by Crippen LogP contribution is 2.44. The molecule has 0 spiro atoms. The molecule has 0 fully saturated rings. The summed E-state index contributed by atoms with van der Waals surface area (Å²) in [5, 5.41) is 26.7. The number of fused-ring (bicyclic) bond motifs is 2. The number of likely N-dealkylation sites (N-methyl/N-ethyl adjacent to an activating group) is 1. The van der Waals surface area contributed by atoms with Crippen molar-refractivity contribution in [2.45, 2.75) is 64.5 Å². The van der Waals surface area contributed by atoms with E-state index in [0.717, 1.165) is 11.6 Å². The zero-order valence-corrected chi connectivity index (χ0v) is 21.9. The van der Waals surface area contributed by atoms with Gasteiger partial charge in [0.25, 0.3) is 0 Å². The number of esters is 1. The van der Waals surface area contributed by atoms with E-state index in [4.69, 9.17) is 19.6 Å². The number of hydrogen-bond donors (Lipinski definition) is 5. The molecule has 4 rings (SSSR count). The predicted octanol–water partition coefficient (Wildman–Crippen LogP) is 2.26. The second-order valence-corrected chi connectivity index (χ2v) is 9.69. The molecule has 1 aromatic carbocycles. The third-order valence-electron chi connectivity index (χ3n) is 6.99. The van der Waals surface area contributed by atoms with Crippen molar-refractivity contribution in [3.05, 3.63) is 69.3 Å². The van der Waals surface area contributed by atoms with Crippen molar-refractivity contribution in [1.82, 2.24) is 10.6 Å². The number of hydrogen-bond acceptors (Lipinski definition) is 10. The minimum Gasteiger partial charge on any atom is -0.507 e. The van der Waals surface area contributed by atoms with Gasteiger partial charge in [0, 0.05) is 42.4 Å². The molecular weight excluding hydrogens is 490 g/mol. The number of aliphatic hydroxyl groups is 1. The van der Waals surface area contributed by atoms with Gasteiger partial charge in [-0.05, 0) is 44.9 Å².